The van der Waals surface area contributed by atoms with Crippen LogP contribution in [0.15, 0.2) is 45.7 Å². The lowest BCUT2D eigenvalue weighted by atomic mass is 10.1. The number of nitrogens with zero attached hydrogens (tertiary/aromatic N) is 2. The number of amides is 1. The second-order valence-electron chi connectivity index (χ2n) is 5.25. The molecular formula is C17H18BrN3O5. The Balaban J connectivity index is 2.25. The Labute approximate surface area is 158 Å². The highest BCUT2D eigenvalue weighted by molar-refractivity contribution is 9.10. The molecule has 1 aromatic carbocycles. The van der Waals surface area contributed by atoms with E-state index in [1.165, 1.54) is 26.4 Å². The highest BCUT2D eigenvalue weighted by Crippen LogP contribution is 2.18. The lowest BCUT2D eigenvalue weighted by molar-refractivity contribution is -0.143. The normalized spacial score (nSPS) is 11.7. The van der Waals surface area contributed by atoms with Crippen molar-refractivity contribution in [2.75, 3.05) is 20.8 Å². The number of aromatic nitrogens is 2. The fourth-order valence-electron chi connectivity index (χ4n) is 2.16. The summed E-state index contributed by atoms with van der Waals surface area (Å²) >= 11 is 3.32. The number of hydrogen-bond donors (Lipinski definition) is 1. The molecular weight excluding hydrogens is 406 g/mol. The van der Waals surface area contributed by atoms with Gasteiger partial charge in [0.2, 0.25) is 0 Å². The average molecular weight is 424 g/mol. The molecule has 2 rings (SSSR count). The molecule has 8 nitrogen and oxygen atoms in total. The molecule has 1 N–H and O–H groups in total. The van der Waals surface area contributed by atoms with E-state index in [4.69, 9.17) is 9.47 Å². The summed E-state index contributed by atoms with van der Waals surface area (Å²) in [5.74, 6) is -1.22. The largest absolute Gasteiger partial charge is 0.467 e. The molecule has 0 saturated carbocycles. The number of hydrogen-bond acceptors (Lipinski definition) is 6. The molecule has 0 aliphatic heterocycles. The second-order valence-corrected chi connectivity index (χ2v) is 6.17. The molecule has 1 heterocycles. The van der Waals surface area contributed by atoms with Gasteiger partial charge in [0.25, 0.3) is 11.5 Å². The second kappa shape index (κ2) is 9.25. The average Bonchev–Trinajstić information content (AvgIpc) is 2.65. The maximum atomic E-state index is 12.5. The van der Waals surface area contributed by atoms with Crippen molar-refractivity contribution < 1.29 is 19.1 Å². The van der Waals surface area contributed by atoms with Crippen LogP contribution in [0.25, 0.3) is 0 Å². The van der Waals surface area contributed by atoms with E-state index in [0.29, 0.717) is 5.56 Å². The predicted molar refractivity (Wildman–Crippen MR) is 96.7 cm³/mol. The number of rotatable bonds is 7. The summed E-state index contributed by atoms with van der Waals surface area (Å²) in [4.78, 5) is 36.4. The Kier molecular flexibility index (Phi) is 7.05. The van der Waals surface area contributed by atoms with E-state index >= 15 is 0 Å². The Morgan fingerprint density at radius 3 is 2.50 bits per heavy atom. The van der Waals surface area contributed by atoms with Gasteiger partial charge < -0.3 is 14.8 Å². The number of esters is 1. The Bertz CT molecular complexity index is 835. The van der Waals surface area contributed by atoms with Crippen molar-refractivity contribution >= 4 is 27.8 Å². The first-order valence-corrected chi connectivity index (χ1v) is 8.47. The predicted octanol–water partition coefficient (Wildman–Crippen LogP) is 1.30. The zero-order chi connectivity index (χ0) is 19.1. The summed E-state index contributed by atoms with van der Waals surface area (Å²) in [6, 6.07) is 8.43. The number of methoxy groups -OCH3 is 2. The van der Waals surface area contributed by atoms with Crippen molar-refractivity contribution in [2.45, 2.75) is 12.6 Å². The molecule has 0 fully saturated rings. The van der Waals surface area contributed by atoms with Gasteiger partial charge in [0.15, 0.2) is 6.04 Å². The van der Waals surface area contributed by atoms with E-state index in [-0.39, 0.29) is 24.4 Å². The summed E-state index contributed by atoms with van der Waals surface area (Å²) in [6.45, 7) is 0.491. The third-order valence-electron chi connectivity index (χ3n) is 3.52. The van der Waals surface area contributed by atoms with E-state index in [1.54, 1.807) is 24.3 Å². The van der Waals surface area contributed by atoms with Crippen LogP contribution in [0.4, 0.5) is 0 Å². The molecule has 0 aliphatic carbocycles. The summed E-state index contributed by atoms with van der Waals surface area (Å²) in [6.07, 6.45) is 0. The minimum Gasteiger partial charge on any atom is -0.467 e. The zero-order valence-electron chi connectivity index (χ0n) is 14.3. The molecule has 0 radical (unpaired) electrons. The SMILES string of the molecule is COCCn1nc(C(=O)NC(C(=O)OC)c2ccc(Br)cc2)ccc1=O. The van der Waals surface area contributed by atoms with Crippen molar-refractivity contribution in [1.82, 2.24) is 15.1 Å². The van der Waals surface area contributed by atoms with E-state index in [1.807, 2.05) is 0 Å². The minimum absolute atomic E-state index is 0.00622. The first kappa shape index (κ1) is 19.8. The maximum absolute atomic E-state index is 12.5. The fraction of sp³-hybridized carbons (Fsp3) is 0.294. The third kappa shape index (κ3) is 4.99. The van der Waals surface area contributed by atoms with E-state index in [9.17, 15) is 14.4 Å². The molecule has 0 spiro atoms. The molecule has 2 aromatic rings. The number of nitrogens with one attached hydrogen (secondary N) is 1. The zero-order valence-corrected chi connectivity index (χ0v) is 15.9. The molecule has 1 unspecified atom stereocenters. The van der Waals surface area contributed by atoms with Crippen LogP contribution in [0.2, 0.25) is 0 Å². The van der Waals surface area contributed by atoms with Gasteiger partial charge >= 0.3 is 5.97 Å². The van der Waals surface area contributed by atoms with Gasteiger partial charge in [-0.25, -0.2) is 9.48 Å². The molecule has 26 heavy (non-hydrogen) atoms. The van der Waals surface area contributed by atoms with Crippen molar-refractivity contribution in [1.29, 1.82) is 0 Å². The Hall–Kier alpha value is -2.52. The van der Waals surface area contributed by atoms with Crippen LogP contribution in [0.5, 0.6) is 0 Å². The molecule has 0 saturated heterocycles. The fourth-order valence-corrected chi connectivity index (χ4v) is 2.43. The van der Waals surface area contributed by atoms with Gasteiger partial charge in [0.1, 0.15) is 5.69 Å². The van der Waals surface area contributed by atoms with Crippen LogP contribution in [-0.4, -0.2) is 42.5 Å². The molecule has 1 aromatic heterocycles. The molecule has 0 bridgehead atoms. The topological polar surface area (TPSA) is 99.5 Å². The molecule has 1 atom stereocenters. The molecule has 0 aliphatic rings. The van der Waals surface area contributed by atoms with Crippen molar-refractivity contribution in [3.63, 3.8) is 0 Å². The monoisotopic (exact) mass is 423 g/mol. The number of benzene rings is 1. The quantitative estimate of drug-likeness (QED) is 0.673. The Morgan fingerprint density at radius 1 is 1.19 bits per heavy atom. The first-order chi connectivity index (χ1) is 12.5. The van der Waals surface area contributed by atoms with Gasteiger partial charge in [-0.15, -0.1) is 0 Å². The van der Waals surface area contributed by atoms with E-state index in [0.717, 1.165) is 9.15 Å². The number of carbonyl (C=O) groups excluding carboxylic acids is 2. The summed E-state index contributed by atoms with van der Waals surface area (Å²) in [5.41, 5.74) is 0.212. The van der Waals surface area contributed by atoms with Crippen LogP contribution < -0.4 is 10.9 Å². The van der Waals surface area contributed by atoms with Gasteiger partial charge in [-0.05, 0) is 23.8 Å². The molecule has 138 valence electrons. The van der Waals surface area contributed by atoms with Gasteiger partial charge in [0, 0.05) is 17.6 Å². The van der Waals surface area contributed by atoms with Gasteiger partial charge in [0.05, 0.1) is 20.3 Å². The lowest BCUT2D eigenvalue weighted by Gasteiger charge is -2.17. The van der Waals surface area contributed by atoms with Crippen LogP contribution in [0.1, 0.15) is 22.1 Å². The van der Waals surface area contributed by atoms with E-state index in [2.05, 4.69) is 26.3 Å². The summed E-state index contributed by atoms with van der Waals surface area (Å²) < 4.78 is 11.7. The van der Waals surface area contributed by atoms with Crippen LogP contribution in [0.3, 0.4) is 0 Å². The maximum Gasteiger partial charge on any atom is 0.333 e. The van der Waals surface area contributed by atoms with Crippen molar-refractivity contribution in [3.8, 4) is 0 Å². The van der Waals surface area contributed by atoms with Crippen LogP contribution in [0, 0.1) is 0 Å². The molecule has 9 heteroatoms. The van der Waals surface area contributed by atoms with Crippen LogP contribution >= 0.6 is 15.9 Å². The van der Waals surface area contributed by atoms with Gasteiger partial charge in [-0.1, -0.05) is 28.1 Å². The highest BCUT2D eigenvalue weighted by Gasteiger charge is 2.25. The standard InChI is InChI=1S/C17H18BrN3O5/c1-25-10-9-21-14(22)8-7-13(20-21)16(23)19-15(17(24)26-2)11-3-5-12(18)6-4-11/h3-8,15H,9-10H2,1-2H3,(H,19,23). The number of carbonyl (C=O) groups is 2. The van der Waals surface area contributed by atoms with Gasteiger partial charge in [-0.2, -0.15) is 5.10 Å². The number of ether oxygens (including phenoxy) is 2. The summed E-state index contributed by atoms with van der Waals surface area (Å²) in [7, 11) is 2.74. The number of halogens is 1. The third-order valence-corrected chi connectivity index (χ3v) is 4.05. The highest BCUT2D eigenvalue weighted by atomic mass is 79.9. The Morgan fingerprint density at radius 2 is 1.88 bits per heavy atom. The smallest absolute Gasteiger partial charge is 0.333 e. The minimum atomic E-state index is -0.998. The lowest BCUT2D eigenvalue weighted by Crippen LogP contribution is -2.36. The van der Waals surface area contributed by atoms with Crippen molar-refractivity contribution in [3.05, 3.63) is 62.5 Å². The first-order valence-electron chi connectivity index (χ1n) is 7.67. The molecule has 1 amide bonds. The summed E-state index contributed by atoms with van der Waals surface area (Å²) in [5, 5.41) is 6.59. The van der Waals surface area contributed by atoms with E-state index < -0.39 is 17.9 Å². The van der Waals surface area contributed by atoms with Crippen molar-refractivity contribution in [2.24, 2.45) is 0 Å². The van der Waals surface area contributed by atoms with Gasteiger partial charge in [-0.3, -0.25) is 9.59 Å². The van der Waals surface area contributed by atoms with Crippen LogP contribution in [-0.2, 0) is 20.8 Å².